The fourth-order valence-electron chi connectivity index (χ4n) is 3.23. The zero-order valence-electron chi connectivity index (χ0n) is 15.7. The highest BCUT2D eigenvalue weighted by Gasteiger charge is 2.28. The molecule has 2 aromatic rings. The molecule has 0 bridgehead atoms. The minimum Gasteiger partial charge on any atom is -0.450 e. The fraction of sp³-hybridized carbons (Fsp3) is 0.250. The topological polar surface area (TPSA) is 107 Å². The Morgan fingerprint density at radius 3 is 2.59 bits per heavy atom. The minimum atomic E-state index is -1.16. The number of ketones is 1. The molecule has 2 aromatic carbocycles. The number of carbonyl (C=O) groups excluding carboxylic acids is 3. The van der Waals surface area contributed by atoms with Gasteiger partial charge < -0.3 is 9.64 Å². The van der Waals surface area contributed by atoms with Crippen molar-refractivity contribution in [3.8, 4) is 0 Å². The van der Waals surface area contributed by atoms with Crippen molar-refractivity contribution in [1.82, 2.24) is 0 Å². The molecule has 0 aliphatic carbocycles. The number of nitro benzene ring substituents is 1. The van der Waals surface area contributed by atoms with Gasteiger partial charge >= 0.3 is 5.97 Å². The molecule has 1 heterocycles. The van der Waals surface area contributed by atoms with Crippen molar-refractivity contribution < 1.29 is 24.0 Å². The monoisotopic (exact) mass is 416 g/mol. The molecule has 3 rings (SSSR count). The van der Waals surface area contributed by atoms with Crippen LogP contribution in [0.1, 0.15) is 40.1 Å². The predicted octanol–water partition coefficient (Wildman–Crippen LogP) is 3.59. The zero-order chi connectivity index (χ0) is 21.3. The van der Waals surface area contributed by atoms with Gasteiger partial charge in [0.1, 0.15) is 5.56 Å². The number of nitrogens with zero attached hydrogens (tertiary/aromatic N) is 2. The van der Waals surface area contributed by atoms with Gasteiger partial charge in [-0.1, -0.05) is 11.6 Å². The zero-order valence-corrected chi connectivity index (χ0v) is 16.4. The van der Waals surface area contributed by atoms with E-state index < -0.39 is 28.5 Å². The van der Waals surface area contributed by atoms with Gasteiger partial charge in [0.2, 0.25) is 11.7 Å². The van der Waals surface area contributed by atoms with Crippen molar-refractivity contribution in [2.75, 3.05) is 11.4 Å². The Morgan fingerprint density at radius 2 is 1.93 bits per heavy atom. The lowest BCUT2D eigenvalue weighted by atomic mass is 10.0. The lowest BCUT2D eigenvalue weighted by Gasteiger charge is -2.16. The average molecular weight is 417 g/mol. The van der Waals surface area contributed by atoms with Crippen LogP contribution < -0.4 is 4.90 Å². The normalized spacial score (nSPS) is 13.6. The minimum absolute atomic E-state index is 0.0757. The van der Waals surface area contributed by atoms with E-state index in [1.807, 2.05) is 0 Å². The first-order valence-electron chi connectivity index (χ1n) is 8.79. The summed E-state index contributed by atoms with van der Waals surface area (Å²) in [7, 11) is 0. The number of benzene rings is 2. The number of fused-ring (bicyclic) bond motifs is 1. The summed E-state index contributed by atoms with van der Waals surface area (Å²) in [5, 5.41) is 11.3. The number of ether oxygens (including phenoxy) is 1. The summed E-state index contributed by atoms with van der Waals surface area (Å²) < 4.78 is 5.16. The number of esters is 1. The lowest BCUT2D eigenvalue weighted by Crippen LogP contribution is -2.26. The Kier molecular flexibility index (Phi) is 5.65. The first-order valence-corrected chi connectivity index (χ1v) is 9.17. The van der Waals surface area contributed by atoms with Crippen molar-refractivity contribution in [2.45, 2.75) is 26.4 Å². The molecule has 1 aliphatic heterocycles. The maximum Gasteiger partial charge on any atom is 0.345 e. The average Bonchev–Trinajstić information content (AvgIpc) is 3.10. The van der Waals surface area contributed by atoms with Crippen LogP contribution in [0.4, 0.5) is 11.4 Å². The Hall–Kier alpha value is -3.26. The van der Waals surface area contributed by atoms with E-state index in [9.17, 15) is 24.5 Å². The van der Waals surface area contributed by atoms with Crippen molar-refractivity contribution in [1.29, 1.82) is 0 Å². The second kappa shape index (κ2) is 8.00. The molecular formula is C20H17ClN2O6. The first kappa shape index (κ1) is 20.5. The second-order valence-corrected chi connectivity index (χ2v) is 7.03. The number of hydrogen-bond acceptors (Lipinski definition) is 6. The molecule has 9 heteroatoms. The summed E-state index contributed by atoms with van der Waals surface area (Å²) in [4.78, 5) is 48.8. The molecule has 29 heavy (non-hydrogen) atoms. The van der Waals surface area contributed by atoms with Gasteiger partial charge in [-0.15, -0.1) is 0 Å². The number of carbonyl (C=O) groups is 3. The second-order valence-electron chi connectivity index (χ2n) is 6.59. The standard InChI is InChI=1S/C20H17ClN2O6/c1-11(29-20(26)16-10-15(21)4-6-18(16)23(27)28)19(25)14-3-5-17-13(9-14)7-8-22(17)12(2)24/h3-6,9-11H,7-8H2,1-2H3/t11-/m1/s1. The van der Waals surface area contributed by atoms with Crippen LogP contribution in [-0.4, -0.2) is 35.2 Å². The van der Waals surface area contributed by atoms with Gasteiger partial charge in [-0.3, -0.25) is 19.7 Å². The molecule has 1 amide bonds. The van der Waals surface area contributed by atoms with Crippen LogP contribution in [0.25, 0.3) is 0 Å². The quantitative estimate of drug-likeness (QED) is 0.319. The third-order valence-electron chi connectivity index (χ3n) is 4.67. The van der Waals surface area contributed by atoms with Gasteiger partial charge in [-0.2, -0.15) is 0 Å². The molecule has 1 atom stereocenters. The smallest absolute Gasteiger partial charge is 0.345 e. The van der Waals surface area contributed by atoms with E-state index >= 15 is 0 Å². The van der Waals surface area contributed by atoms with E-state index in [0.29, 0.717) is 18.5 Å². The molecule has 8 nitrogen and oxygen atoms in total. The van der Waals surface area contributed by atoms with Crippen molar-refractivity contribution >= 4 is 40.6 Å². The van der Waals surface area contributed by atoms with Crippen LogP contribution in [0.3, 0.4) is 0 Å². The van der Waals surface area contributed by atoms with Crippen molar-refractivity contribution in [3.63, 3.8) is 0 Å². The van der Waals surface area contributed by atoms with E-state index in [4.69, 9.17) is 16.3 Å². The van der Waals surface area contributed by atoms with Crippen LogP contribution in [0, 0.1) is 10.1 Å². The maximum absolute atomic E-state index is 12.7. The van der Waals surface area contributed by atoms with Crippen LogP contribution in [0.15, 0.2) is 36.4 Å². The number of anilines is 1. The molecular weight excluding hydrogens is 400 g/mol. The predicted molar refractivity (Wildman–Crippen MR) is 105 cm³/mol. The molecule has 0 aromatic heterocycles. The molecule has 150 valence electrons. The van der Waals surface area contributed by atoms with E-state index in [2.05, 4.69) is 0 Å². The Morgan fingerprint density at radius 1 is 1.21 bits per heavy atom. The van der Waals surface area contributed by atoms with Crippen molar-refractivity contribution in [3.05, 3.63) is 68.2 Å². The molecule has 0 N–H and O–H groups in total. The molecule has 0 saturated carbocycles. The fourth-order valence-corrected chi connectivity index (χ4v) is 3.40. The van der Waals surface area contributed by atoms with E-state index in [0.717, 1.165) is 23.4 Å². The van der Waals surface area contributed by atoms with Crippen LogP contribution in [-0.2, 0) is 16.0 Å². The number of amides is 1. The van der Waals surface area contributed by atoms with Gasteiger partial charge in [0.15, 0.2) is 6.10 Å². The molecule has 1 aliphatic rings. The molecule has 0 radical (unpaired) electrons. The molecule has 0 saturated heterocycles. The highest BCUT2D eigenvalue weighted by molar-refractivity contribution is 6.31. The van der Waals surface area contributed by atoms with Crippen LogP contribution in [0.2, 0.25) is 5.02 Å². The molecule has 0 fully saturated rings. The summed E-state index contributed by atoms with van der Waals surface area (Å²) in [5.74, 6) is -1.54. The Balaban J connectivity index is 1.78. The Labute approximate surface area is 171 Å². The summed E-state index contributed by atoms with van der Waals surface area (Å²) in [6.07, 6.45) is -0.539. The number of Topliss-reactive ketones (excluding diaryl/α,β-unsaturated/α-hetero) is 1. The number of rotatable bonds is 5. The third kappa shape index (κ3) is 4.12. The van der Waals surface area contributed by atoms with Gasteiger partial charge in [0, 0.05) is 35.8 Å². The van der Waals surface area contributed by atoms with Crippen LogP contribution >= 0.6 is 11.6 Å². The third-order valence-corrected chi connectivity index (χ3v) is 4.90. The van der Waals surface area contributed by atoms with Gasteiger partial charge in [-0.05, 0) is 49.2 Å². The number of nitro groups is 1. The molecule has 0 spiro atoms. The molecule has 0 unspecified atom stereocenters. The summed E-state index contributed by atoms with van der Waals surface area (Å²) in [5.41, 5.74) is 1.16. The highest BCUT2D eigenvalue weighted by Crippen LogP contribution is 2.30. The highest BCUT2D eigenvalue weighted by atomic mass is 35.5. The summed E-state index contributed by atoms with van der Waals surface area (Å²) >= 11 is 5.82. The summed E-state index contributed by atoms with van der Waals surface area (Å²) in [6, 6.07) is 8.45. The number of halogens is 1. The van der Waals surface area contributed by atoms with E-state index in [1.54, 1.807) is 23.1 Å². The SMILES string of the molecule is CC(=O)N1CCc2cc(C(=O)[C@@H](C)OC(=O)c3cc(Cl)ccc3[N+](=O)[O-])ccc21. The lowest BCUT2D eigenvalue weighted by molar-refractivity contribution is -0.385. The van der Waals surface area contributed by atoms with Gasteiger partial charge in [0.25, 0.3) is 5.69 Å². The summed E-state index contributed by atoms with van der Waals surface area (Å²) in [6.45, 7) is 3.42. The Bertz CT molecular complexity index is 1040. The van der Waals surface area contributed by atoms with Gasteiger partial charge in [-0.25, -0.2) is 4.79 Å². The largest absolute Gasteiger partial charge is 0.450 e. The van der Waals surface area contributed by atoms with E-state index in [1.165, 1.54) is 19.9 Å². The van der Waals surface area contributed by atoms with Gasteiger partial charge in [0.05, 0.1) is 4.92 Å². The van der Waals surface area contributed by atoms with Crippen molar-refractivity contribution in [2.24, 2.45) is 0 Å². The van der Waals surface area contributed by atoms with Crippen LogP contribution in [0.5, 0.6) is 0 Å². The first-order chi connectivity index (χ1) is 13.7. The van der Waals surface area contributed by atoms with E-state index in [-0.39, 0.29) is 16.5 Å². The number of hydrogen-bond donors (Lipinski definition) is 0. The maximum atomic E-state index is 12.7.